The van der Waals surface area contributed by atoms with Crippen molar-refractivity contribution in [1.29, 1.82) is 0 Å². The molecule has 0 bridgehead atoms. The number of rotatable bonds is 3. The number of fused-ring (bicyclic) bond motifs is 1. The maximum Gasteiger partial charge on any atom is 0.266 e. The predicted molar refractivity (Wildman–Crippen MR) is 83.6 cm³/mol. The molecule has 0 atom stereocenters. The summed E-state index contributed by atoms with van der Waals surface area (Å²) in [7, 11) is 2.59. The van der Waals surface area contributed by atoms with Gasteiger partial charge >= 0.3 is 0 Å². The lowest BCUT2D eigenvalue weighted by atomic mass is 10.1. The molecule has 0 saturated heterocycles. The average molecular weight is 352 g/mol. The highest BCUT2D eigenvalue weighted by Crippen LogP contribution is 2.34. The second kappa shape index (κ2) is 5.36. The van der Waals surface area contributed by atoms with E-state index < -0.39 is 20.9 Å². The highest BCUT2D eigenvalue weighted by molar-refractivity contribution is 8.13. The smallest absolute Gasteiger partial charge is 0.266 e. The van der Waals surface area contributed by atoms with Crippen LogP contribution in [0.1, 0.15) is 20.7 Å². The number of carbonyl (C=O) groups excluding carboxylic acids is 2. The zero-order valence-electron chi connectivity index (χ0n) is 11.8. The Morgan fingerprint density at radius 1 is 1.00 bits per heavy atom. The highest BCUT2D eigenvalue weighted by atomic mass is 35.7. The molecule has 0 radical (unpaired) electrons. The van der Waals surface area contributed by atoms with Crippen LogP contribution in [0.15, 0.2) is 47.4 Å². The monoisotopic (exact) mass is 351 g/mol. The summed E-state index contributed by atoms with van der Waals surface area (Å²) >= 11 is 0. The topological polar surface area (TPSA) is 80.8 Å². The van der Waals surface area contributed by atoms with E-state index in [0.717, 1.165) is 4.90 Å². The molecule has 0 N–H and O–H groups in total. The standard InChI is InChI=1S/C15H10ClNO5S/c1-22-12-8-9(6-7-13(12)23(16,20)21)17-14(18)10-4-2-3-5-11(10)15(17)19/h2-8H,1H3. The summed E-state index contributed by atoms with van der Waals surface area (Å²) in [5.41, 5.74) is 0.799. The van der Waals surface area contributed by atoms with Gasteiger partial charge in [0.15, 0.2) is 0 Å². The summed E-state index contributed by atoms with van der Waals surface area (Å²) < 4.78 is 28.0. The maximum absolute atomic E-state index is 12.4. The zero-order chi connectivity index (χ0) is 16.8. The van der Waals surface area contributed by atoms with Crippen LogP contribution in [0.4, 0.5) is 5.69 Å². The van der Waals surface area contributed by atoms with Gasteiger partial charge in [0.1, 0.15) is 10.6 Å². The molecule has 0 fully saturated rings. The van der Waals surface area contributed by atoms with Crippen LogP contribution in [0.25, 0.3) is 0 Å². The molecule has 1 aliphatic rings. The lowest BCUT2D eigenvalue weighted by molar-refractivity contribution is 0.0926. The molecule has 2 aromatic rings. The Kier molecular flexibility index (Phi) is 3.62. The molecule has 0 saturated carbocycles. The third-order valence-corrected chi connectivity index (χ3v) is 4.82. The Bertz CT molecular complexity index is 904. The van der Waals surface area contributed by atoms with E-state index in [4.69, 9.17) is 15.4 Å². The normalized spacial score (nSPS) is 14.1. The van der Waals surface area contributed by atoms with E-state index in [1.807, 2.05) is 0 Å². The summed E-state index contributed by atoms with van der Waals surface area (Å²) in [4.78, 5) is 25.6. The number of nitrogens with zero attached hydrogens (tertiary/aromatic N) is 1. The summed E-state index contributed by atoms with van der Waals surface area (Å²) in [6.45, 7) is 0. The van der Waals surface area contributed by atoms with Crippen LogP contribution < -0.4 is 9.64 Å². The minimum Gasteiger partial charge on any atom is -0.495 e. The lowest BCUT2D eigenvalue weighted by Gasteiger charge is -2.16. The van der Waals surface area contributed by atoms with E-state index in [0.29, 0.717) is 11.1 Å². The van der Waals surface area contributed by atoms with E-state index in [-0.39, 0.29) is 16.3 Å². The Morgan fingerprint density at radius 2 is 1.57 bits per heavy atom. The quantitative estimate of drug-likeness (QED) is 0.626. The molecule has 2 aromatic carbocycles. The first-order valence-corrected chi connectivity index (χ1v) is 8.76. The number of benzene rings is 2. The van der Waals surface area contributed by atoms with E-state index in [2.05, 4.69) is 0 Å². The van der Waals surface area contributed by atoms with Crippen molar-refractivity contribution in [2.45, 2.75) is 4.90 Å². The predicted octanol–water partition coefficient (Wildman–Crippen LogP) is 2.42. The number of hydrogen-bond acceptors (Lipinski definition) is 5. The second-order valence-electron chi connectivity index (χ2n) is 4.76. The lowest BCUT2D eigenvalue weighted by Crippen LogP contribution is -2.29. The second-order valence-corrected chi connectivity index (χ2v) is 7.30. The Labute approximate surface area is 136 Å². The molecule has 3 rings (SSSR count). The van der Waals surface area contributed by atoms with Crippen molar-refractivity contribution < 1.29 is 22.7 Å². The van der Waals surface area contributed by atoms with Crippen LogP contribution in [0, 0.1) is 0 Å². The van der Waals surface area contributed by atoms with Crippen LogP contribution in [0.3, 0.4) is 0 Å². The number of anilines is 1. The summed E-state index contributed by atoms with van der Waals surface area (Å²) in [6.07, 6.45) is 0. The van der Waals surface area contributed by atoms with Crippen LogP contribution in [0.5, 0.6) is 5.75 Å². The summed E-state index contributed by atoms with van der Waals surface area (Å²) in [5.74, 6) is -1.00. The van der Waals surface area contributed by atoms with Crippen molar-refractivity contribution >= 4 is 37.2 Å². The van der Waals surface area contributed by atoms with Gasteiger partial charge in [0, 0.05) is 16.7 Å². The number of halogens is 1. The van der Waals surface area contributed by atoms with Crippen LogP contribution >= 0.6 is 10.7 Å². The van der Waals surface area contributed by atoms with Crippen molar-refractivity contribution in [1.82, 2.24) is 0 Å². The van der Waals surface area contributed by atoms with Crippen molar-refractivity contribution in [2.75, 3.05) is 12.0 Å². The fourth-order valence-corrected chi connectivity index (χ4v) is 3.42. The summed E-state index contributed by atoms with van der Waals surface area (Å²) in [6, 6.07) is 10.3. The van der Waals surface area contributed by atoms with Crippen molar-refractivity contribution in [3.63, 3.8) is 0 Å². The van der Waals surface area contributed by atoms with Gasteiger partial charge in [-0.05, 0) is 24.3 Å². The van der Waals surface area contributed by atoms with Gasteiger partial charge in [-0.3, -0.25) is 9.59 Å². The minimum absolute atomic E-state index is 0.0472. The average Bonchev–Trinajstić information content (AvgIpc) is 2.78. The molecule has 0 aliphatic carbocycles. The molecule has 1 heterocycles. The van der Waals surface area contributed by atoms with Crippen molar-refractivity contribution in [3.05, 3.63) is 53.6 Å². The van der Waals surface area contributed by atoms with Crippen LogP contribution in [-0.4, -0.2) is 27.3 Å². The van der Waals surface area contributed by atoms with Gasteiger partial charge in [0.05, 0.1) is 23.9 Å². The number of amides is 2. The van der Waals surface area contributed by atoms with Crippen molar-refractivity contribution in [3.8, 4) is 5.75 Å². The van der Waals surface area contributed by atoms with Crippen LogP contribution in [-0.2, 0) is 9.05 Å². The Morgan fingerprint density at radius 3 is 2.04 bits per heavy atom. The molecule has 2 amide bonds. The number of hydrogen-bond donors (Lipinski definition) is 0. The van der Waals surface area contributed by atoms with Crippen LogP contribution in [0.2, 0.25) is 0 Å². The molecular weight excluding hydrogens is 342 g/mol. The third-order valence-electron chi connectivity index (χ3n) is 3.46. The fourth-order valence-electron chi connectivity index (χ4n) is 2.42. The molecule has 23 heavy (non-hydrogen) atoms. The SMILES string of the molecule is COc1cc(N2C(=O)c3ccccc3C2=O)ccc1S(=O)(=O)Cl. The Hall–Kier alpha value is -2.38. The molecule has 0 unspecified atom stereocenters. The largest absolute Gasteiger partial charge is 0.495 e. The molecule has 0 spiro atoms. The number of methoxy groups -OCH3 is 1. The maximum atomic E-state index is 12.4. The first kappa shape index (κ1) is 15.5. The van der Waals surface area contributed by atoms with E-state index >= 15 is 0 Å². The third kappa shape index (κ3) is 2.47. The molecule has 1 aliphatic heterocycles. The summed E-state index contributed by atoms with van der Waals surface area (Å²) in [5, 5.41) is 0. The van der Waals surface area contributed by atoms with Gasteiger partial charge in [0.2, 0.25) is 0 Å². The molecule has 118 valence electrons. The van der Waals surface area contributed by atoms with E-state index in [9.17, 15) is 18.0 Å². The van der Waals surface area contributed by atoms with Gasteiger partial charge in [-0.25, -0.2) is 13.3 Å². The molecular formula is C15H10ClNO5S. The number of ether oxygens (including phenoxy) is 1. The first-order chi connectivity index (χ1) is 10.8. The molecule has 0 aromatic heterocycles. The zero-order valence-corrected chi connectivity index (χ0v) is 13.4. The van der Waals surface area contributed by atoms with Gasteiger partial charge in [-0.2, -0.15) is 0 Å². The van der Waals surface area contributed by atoms with Gasteiger partial charge < -0.3 is 4.74 Å². The van der Waals surface area contributed by atoms with Gasteiger partial charge in [-0.1, -0.05) is 12.1 Å². The molecule has 8 heteroatoms. The fraction of sp³-hybridized carbons (Fsp3) is 0.0667. The van der Waals surface area contributed by atoms with E-state index in [1.54, 1.807) is 24.3 Å². The highest BCUT2D eigenvalue weighted by Gasteiger charge is 2.36. The number of carbonyl (C=O) groups is 2. The van der Waals surface area contributed by atoms with Gasteiger partial charge in [0.25, 0.3) is 20.9 Å². The van der Waals surface area contributed by atoms with E-state index in [1.165, 1.54) is 25.3 Å². The Balaban J connectivity index is 2.11. The van der Waals surface area contributed by atoms with Gasteiger partial charge in [-0.15, -0.1) is 0 Å². The number of imide groups is 1. The first-order valence-electron chi connectivity index (χ1n) is 6.45. The minimum atomic E-state index is -4.01. The van der Waals surface area contributed by atoms with Crippen molar-refractivity contribution in [2.24, 2.45) is 0 Å². The molecule has 6 nitrogen and oxygen atoms in total.